The summed E-state index contributed by atoms with van der Waals surface area (Å²) in [5.74, 6) is -0.0995. The minimum Gasteiger partial charge on any atom is -0.397 e. The van der Waals surface area contributed by atoms with Crippen LogP contribution in [-0.2, 0) is 0 Å². The highest BCUT2D eigenvalue weighted by Gasteiger charge is 2.12. The quantitative estimate of drug-likeness (QED) is 0.465. The Morgan fingerprint density at radius 1 is 0.966 bits per heavy atom. The van der Waals surface area contributed by atoms with Crippen LogP contribution in [0.5, 0.6) is 0 Å². The largest absolute Gasteiger partial charge is 0.397 e. The van der Waals surface area contributed by atoms with Crippen molar-refractivity contribution in [3.05, 3.63) is 24.0 Å². The maximum atomic E-state index is 12.0. The number of nitrogen functional groups attached to an aromatic ring is 1. The van der Waals surface area contributed by atoms with Gasteiger partial charge in [-0.1, -0.05) is 51.4 Å². The lowest BCUT2D eigenvalue weighted by Crippen LogP contribution is -2.44. The van der Waals surface area contributed by atoms with Gasteiger partial charge in [-0.15, -0.1) is 0 Å². The van der Waals surface area contributed by atoms with Gasteiger partial charge in [0.15, 0.2) is 0 Å². The molecule has 0 radical (unpaired) electrons. The Hall–Kier alpha value is -1.66. The molecule has 1 amide bonds. The number of carbonyl (C=O) groups excluding carboxylic acids is 1. The number of amides is 1. The fraction of sp³-hybridized carbons (Fsp3) is 0.739. The van der Waals surface area contributed by atoms with E-state index in [1.165, 1.54) is 96.7 Å². The molecule has 1 aromatic rings. The zero-order valence-corrected chi connectivity index (χ0v) is 18.4. The van der Waals surface area contributed by atoms with Crippen LogP contribution in [0.2, 0.25) is 0 Å². The number of nitrogens with two attached hydrogens (primary N) is 1. The van der Waals surface area contributed by atoms with Crippen LogP contribution in [0.25, 0.3) is 0 Å². The zero-order chi connectivity index (χ0) is 20.7. The normalized spacial score (nSPS) is 15.5. The zero-order valence-electron chi connectivity index (χ0n) is 18.4. The van der Waals surface area contributed by atoms with Crippen LogP contribution in [-0.4, -0.2) is 67.0 Å². The van der Waals surface area contributed by atoms with E-state index in [1.807, 2.05) is 0 Å². The summed E-state index contributed by atoms with van der Waals surface area (Å²) in [5, 5.41) is 2.94. The standard InChI is InChI=1S/C23H41N5O/c1-27-16-18-28(19-17-27)15-11-9-7-5-3-2-4-6-8-10-13-26-23(29)21-12-14-25-20-22(21)24/h12,14,20H,2-11,13,15-19,24H2,1H3,(H,26,29). The lowest BCUT2D eigenvalue weighted by molar-refractivity contribution is 0.0953. The highest BCUT2D eigenvalue weighted by atomic mass is 16.1. The molecule has 0 aromatic carbocycles. The molecule has 1 aliphatic heterocycles. The van der Waals surface area contributed by atoms with Gasteiger partial charge in [-0.25, -0.2) is 0 Å². The molecule has 1 fully saturated rings. The number of pyridine rings is 1. The molecular formula is C23H41N5O. The molecule has 1 aliphatic rings. The second kappa shape index (κ2) is 14.3. The van der Waals surface area contributed by atoms with Crippen molar-refractivity contribution in [2.24, 2.45) is 0 Å². The molecule has 6 nitrogen and oxygen atoms in total. The predicted octanol–water partition coefficient (Wildman–Crippen LogP) is 3.54. The molecule has 0 aliphatic carbocycles. The van der Waals surface area contributed by atoms with Gasteiger partial charge in [0, 0.05) is 38.9 Å². The summed E-state index contributed by atoms with van der Waals surface area (Å²) in [4.78, 5) is 21.0. The lowest BCUT2D eigenvalue weighted by atomic mass is 10.1. The van der Waals surface area contributed by atoms with E-state index >= 15 is 0 Å². The number of hydrogen-bond donors (Lipinski definition) is 2. The van der Waals surface area contributed by atoms with Gasteiger partial charge < -0.3 is 20.9 Å². The lowest BCUT2D eigenvalue weighted by Gasteiger charge is -2.32. The van der Waals surface area contributed by atoms with Gasteiger partial charge in [0.1, 0.15) is 0 Å². The van der Waals surface area contributed by atoms with Crippen LogP contribution in [0, 0.1) is 0 Å². The van der Waals surface area contributed by atoms with E-state index in [1.54, 1.807) is 12.3 Å². The van der Waals surface area contributed by atoms with E-state index in [0.29, 0.717) is 17.8 Å². The highest BCUT2D eigenvalue weighted by molar-refractivity contribution is 5.98. The number of piperazine rings is 1. The number of likely N-dealkylation sites (N-methyl/N-ethyl adjacent to an activating group) is 1. The maximum absolute atomic E-state index is 12.0. The molecule has 2 rings (SSSR count). The number of unbranched alkanes of at least 4 members (excludes halogenated alkanes) is 9. The molecular weight excluding hydrogens is 362 g/mol. The number of rotatable bonds is 14. The number of hydrogen-bond acceptors (Lipinski definition) is 5. The molecule has 2 heterocycles. The Morgan fingerprint density at radius 3 is 2.17 bits per heavy atom. The first-order valence-corrected chi connectivity index (χ1v) is 11.6. The number of aromatic nitrogens is 1. The van der Waals surface area contributed by atoms with Crippen molar-refractivity contribution in [2.75, 3.05) is 52.0 Å². The maximum Gasteiger partial charge on any atom is 0.253 e. The molecule has 164 valence electrons. The number of nitrogens with zero attached hydrogens (tertiary/aromatic N) is 3. The average Bonchev–Trinajstić information content (AvgIpc) is 2.73. The molecule has 1 aromatic heterocycles. The minimum absolute atomic E-state index is 0.0995. The SMILES string of the molecule is CN1CCN(CCCCCCCCCCCCNC(=O)c2ccncc2N)CC1. The summed E-state index contributed by atoms with van der Waals surface area (Å²) >= 11 is 0. The van der Waals surface area contributed by atoms with E-state index in [0.717, 1.165) is 6.42 Å². The molecule has 0 spiro atoms. The minimum atomic E-state index is -0.0995. The Kier molecular flexibility index (Phi) is 11.7. The van der Waals surface area contributed by atoms with Gasteiger partial charge in [0.2, 0.25) is 0 Å². The third-order valence-electron chi connectivity index (χ3n) is 5.88. The van der Waals surface area contributed by atoms with E-state index in [-0.39, 0.29) is 5.91 Å². The van der Waals surface area contributed by atoms with Crippen LogP contribution < -0.4 is 11.1 Å². The fourth-order valence-electron chi connectivity index (χ4n) is 3.86. The molecule has 0 bridgehead atoms. The van der Waals surface area contributed by atoms with Crippen molar-refractivity contribution < 1.29 is 4.79 Å². The summed E-state index contributed by atoms with van der Waals surface area (Å²) in [6.07, 6.45) is 16.1. The van der Waals surface area contributed by atoms with Gasteiger partial charge in [0.05, 0.1) is 17.4 Å². The Morgan fingerprint density at radius 2 is 1.55 bits per heavy atom. The van der Waals surface area contributed by atoms with Gasteiger partial charge in [0.25, 0.3) is 5.91 Å². The summed E-state index contributed by atoms with van der Waals surface area (Å²) < 4.78 is 0. The van der Waals surface area contributed by atoms with E-state index in [4.69, 9.17) is 5.73 Å². The van der Waals surface area contributed by atoms with Crippen LogP contribution >= 0.6 is 0 Å². The van der Waals surface area contributed by atoms with Crippen LogP contribution in [0.15, 0.2) is 18.5 Å². The summed E-state index contributed by atoms with van der Waals surface area (Å²) in [6.45, 7) is 6.96. The summed E-state index contributed by atoms with van der Waals surface area (Å²) in [7, 11) is 2.22. The molecule has 3 N–H and O–H groups in total. The van der Waals surface area contributed by atoms with E-state index in [9.17, 15) is 4.79 Å². The first-order valence-electron chi connectivity index (χ1n) is 11.6. The second-order valence-corrected chi connectivity index (χ2v) is 8.40. The van der Waals surface area contributed by atoms with Crippen molar-refractivity contribution in [1.82, 2.24) is 20.1 Å². The summed E-state index contributed by atoms with van der Waals surface area (Å²) in [6, 6.07) is 1.66. The number of carbonyl (C=O) groups is 1. The van der Waals surface area contributed by atoms with Crippen LogP contribution in [0.1, 0.15) is 74.6 Å². The molecule has 29 heavy (non-hydrogen) atoms. The van der Waals surface area contributed by atoms with Crippen molar-refractivity contribution in [2.45, 2.75) is 64.2 Å². The van der Waals surface area contributed by atoms with Gasteiger partial charge in [-0.3, -0.25) is 9.78 Å². The van der Waals surface area contributed by atoms with Crippen LogP contribution in [0.3, 0.4) is 0 Å². The van der Waals surface area contributed by atoms with Gasteiger partial charge >= 0.3 is 0 Å². The van der Waals surface area contributed by atoms with Crippen LogP contribution in [0.4, 0.5) is 5.69 Å². The van der Waals surface area contributed by atoms with Crippen molar-refractivity contribution in [3.63, 3.8) is 0 Å². The third kappa shape index (κ3) is 10.1. The van der Waals surface area contributed by atoms with Gasteiger partial charge in [-0.2, -0.15) is 0 Å². The topological polar surface area (TPSA) is 74.5 Å². The smallest absolute Gasteiger partial charge is 0.253 e. The highest BCUT2D eigenvalue weighted by Crippen LogP contribution is 2.12. The summed E-state index contributed by atoms with van der Waals surface area (Å²) in [5.41, 5.74) is 6.72. The van der Waals surface area contributed by atoms with Crippen molar-refractivity contribution in [1.29, 1.82) is 0 Å². The fourth-order valence-corrected chi connectivity index (χ4v) is 3.86. The van der Waals surface area contributed by atoms with Gasteiger partial charge in [-0.05, 0) is 32.5 Å². The molecule has 6 heteroatoms. The number of nitrogens with one attached hydrogen (secondary N) is 1. The van der Waals surface area contributed by atoms with Crippen molar-refractivity contribution >= 4 is 11.6 Å². The predicted molar refractivity (Wildman–Crippen MR) is 121 cm³/mol. The van der Waals surface area contributed by atoms with Crippen molar-refractivity contribution in [3.8, 4) is 0 Å². The van der Waals surface area contributed by atoms with E-state index < -0.39 is 0 Å². The number of anilines is 1. The first kappa shape index (κ1) is 23.6. The third-order valence-corrected chi connectivity index (χ3v) is 5.88. The molecule has 0 unspecified atom stereocenters. The Labute approximate surface area is 177 Å². The first-order chi connectivity index (χ1) is 14.2. The molecule has 0 atom stereocenters. The Balaban J connectivity index is 1.32. The monoisotopic (exact) mass is 403 g/mol. The molecule has 1 saturated heterocycles. The average molecular weight is 404 g/mol. The second-order valence-electron chi connectivity index (χ2n) is 8.40. The Bertz CT molecular complexity index is 572. The molecule has 0 saturated carbocycles. The van der Waals surface area contributed by atoms with E-state index in [2.05, 4.69) is 27.1 Å².